The highest BCUT2D eigenvalue weighted by molar-refractivity contribution is 7.80. The van der Waals surface area contributed by atoms with Crippen LogP contribution in [-0.4, -0.2) is 11.7 Å². The van der Waals surface area contributed by atoms with Gasteiger partial charge in [0.15, 0.2) is 0 Å². The molecule has 0 radical (unpaired) electrons. The first-order valence-electron chi connectivity index (χ1n) is 2.26. The topological polar surface area (TPSA) is 26.3 Å². The van der Waals surface area contributed by atoms with Crippen LogP contribution >= 0.6 is 25.5 Å². The summed E-state index contributed by atoms with van der Waals surface area (Å²) in [6, 6.07) is 0. The number of hydrogen-bond acceptors (Lipinski definition) is 4. The van der Waals surface area contributed by atoms with Gasteiger partial charge >= 0.3 is 5.97 Å². The van der Waals surface area contributed by atoms with Crippen molar-refractivity contribution in [3.63, 3.8) is 0 Å². The lowest BCUT2D eigenvalue weighted by molar-refractivity contribution is -0.132. The first kappa shape index (κ1) is 8.17. The second-order valence-corrected chi connectivity index (χ2v) is 1.92. The van der Waals surface area contributed by atoms with Crippen LogP contribution in [0.25, 0.3) is 0 Å². The van der Waals surface area contributed by atoms with E-state index < -0.39 is 0 Å². The Morgan fingerprint density at radius 3 is 2.62 bits per heavy atom. The molecule has 0 rings (SSSR count). The number of rotatable bonds is 3. The fourth-order valence-electron chi connectivity index (χ4n) is 0.269. The maximum Gasteiger partial charge on any atom is 0.317 e. The Morgan fingerprint density at radius 2 is 2.25 bits per heavy atom. The third-order valence-electron chi connectivity index (χ3n) is 0.641. The lowest BCUT2D eigenvalue weighted by atomic mass is 10.3. The zero-order valence-corrected chi connectivity index (χ0v) is 6.12. The lowest BCUT2D eigenvalue weighted by Gasteiger charge is -1.91. The van der Waals surface area contributed by atoms with E-state index in [1.807, 2.05) is 0 Å². The molecule has 0 aromatic carbocycles. The summed E-state index contributed by atoms with van der Waals surface area (Å²) in [4.78, 5) is 10.2. The van der Waals surface area contributed by atoms with Crippen molar-refractivity contribution >= 4 is 31.5 Å². The van der Waals surface area contributed by atoms with E-state index in [0.717, 1.165) is 6.42 Å². The second-order valence-electron chi connectivity index (χ2n) is 1.29. The molecule has 0 saturated heterocycles. The molecule has 0 bridgehead atoms. The van der Waals surface area contributed by atoms with E-state index in [0.29, 0.717) is 12.2 Å². The van der Waals surface area contributed by atoms with Gasteiger partial charge in [-0.25, -0.2) is 0 Å². The Morgan fingerprint density at radius 1 is 1.62 bits per heavy atom. The van der Waals surface area contributed by atoms with Gasteiger partial charge in [0.25, 0.3) is 0 Å². The zero-order valence-electron chi connectivity index (χ0n) is 4.33. The Labute approximate surface area is 59.6 Å². The van der Waals surface area contributed by atoms with E-state index in [1.165, 1.54) is 0 Å². The summed E-state index contributed by atoms with van der Waals surface area (Å²) in [5.74, 6) is 0.422. The van der Waals surface area contributed by atoms with Crippen LogP contribution in [0.3, 0.4) is 0 Å². The summed E-state index contributed by atoms with van der Waals surface area (Å²) in [5.41, 5.74) is 0. The van der Waals surface area contributed by atoms with Crippen LogP contribution in [0.1, 0.15) is 12.8 Å². The Bertz CT molecular complexity index is 74.4. The van der Waals surface area contributed by atoms with Crippen LogP contribution in [0.2, 0.25) is 0 Å². The molecule has 0 aliphatic heterocycles. The van der Waals surface area contributed by atoms with E-state index >= 15 is 0 Å². The predicted octanol–water partition coefficient (Wildman–Crippen LogP) is 1.08. The first-order valence-corrected chi connectivity index (χ1v) is 3.26. The molecule has 0 heterocycles. The molecular formula is C4H8O2S2. The molecule has 0 aliphatic rings. The molecule has 0 N–H and O–H groups in total. The average Bonchev–Trinajstić information content (AvgIpc) is 1.83. The maximum atomic E-state index is 10.2. The smallest absolute Gasteiger partial charge is 0.317 e. The van der Waals surface area contributed by atoms with E-state index in [-0.39, 0.29) is 5.97 Å². The fourth-order valence-corrected chi connectivity index (χ4v) is 0.518. The lowest BCUT2D eigenvalue weighted by Crippen LogP contribution is -1.95. The zero-order chi connectivity index (χ0) is 6.41. The molecule has 0 spiro atoms. The van der Waals surface area contributed by atoms with Crippen LogP contribution in [0.5, 0.6) is 0 Å². The minimum atomic E-state index is -0.289. The summed E-state index contributed by atoms with van der Waals surface area (Å²) in [5, 5.41) is 0. The number of thiol groups is 2. The maximum absolute atomic E-state index is 10.2. The third-order valence-corrected chi connectivity index (χ3v) is 1.16. The molecule has 0 fully saturated rings. The summed E-state index contributed by atoms with van der Waals surface area (Å²) < 4.78 is 4.07. The molecule has 0 atom stereocenters. The van der Waals surface area contributed by atoms with Crippen molar-refractivity contribution in [2.24, 2.45) is 0 Å². The minimum absolute atomic E-state index is 0.289. The number of hydrogen-bond donors (Lipinski definition) is 2. The summed E-state index contributed by atoms with van der Waals surface area (Å²) in [6.45, 7) is 0. The van der Waals surface area contributed by atoms with Gasteiger partial charge in [0.1, 0.15) is 0 Å². The quantitative estimate of drug-likeness (QED) is 0.467. The Hall–Kier alpha value is 0.170. The highest BCUT2D eigenvalue weighted by Crippen LogP contribution is 1.94. The molecule has 48 valence electrons. The molecule has 0 saturated carbocycles. The van der Waals surface area contributed by atoms with Crippen LogP contribution < -0.4 is 0 Å². The Kier molecular flexibility index (Phi) is 5.42. The van der Waals surface area contributed by atoms with Gasteiger partial charge < -0.3 is 4.18 Å². The van der Waals surface area contributed by atoms with Crippen molar-refractivity contribution < 1.29 is 8.98 Å². The molecule has 4 heteroatoms. The largest absolute Gasteiger partial charge is 0.395 e. The number of carbonyl (C=O) groups excluding carboxylic acids is 1. The second kappa shape index (κ2) is 5.31. The predicted molar refractivity (Wildman–Crippen MR) is 38.2 cm³/mol. The highest BCUT2D eigenvalue weighted by Gasteiger charge is 1.96. The SMILES string of the molecule is O=C(CCCS)OS. The van der Waals surface area contributed by atoms with Crippen molar-refractivity contribution in [2.75, 3.05) is 5.75 Å². The highest BCUT2D eigenvalue weighted by atomic mass is 32.1. The van der Waals surface area contributed by atoms with E-state index in [1.54, 1.807) is 0 Å². The van der Waals surface area contributed by atoms with Gasteiger partial charge in [0.05, 0.1) is 0 Å². The van der Waals surface area contributed by atoms with Gasteiger partial charge in [-0.1, -0.05) is 0 Å². The molecule has 0 aliphatic carbocycles. The van der Waals surface area contributed by atoms with Gasteiger partial charge in [-0.3, -0.25) is 4.79 Å². The molecule has 0 unspecified atom stereocenters. The van der Waals surface area contributed by atoms with Gasteiger partial charge in [0.2, 0.25) is 0 Å². The van der Waals surface area contributed by atoms with Crippen LogP contribution in [0.15, 0.2) is 0 Å². The molecule has 0 amide bonds. The van der Waals surface area contributed by atoms with Crippen LogP contribution in [0, 0.1) is 0 Å². The van der Waals surface area contributed by atoms with Crippen molar-refractivity contribution in [3.05, 3.63) is 0 Å². The average molecular weight is 152 g/mol. The molecule has 0 aromatic rings. The van der Waals surface area contributed by atoms with Crippen LogP contribution in [-0.2, 0) is 8.98 Å². The van der Waals surface area contributed by atoms with E-state index in [2.05, 4.69) is 29.7 Å². The van der Waals surface area contributed by atoms with Crippen LogP contribution in [0.4, 0.5) is 0 Å². The third kappa shape index (κ3) is 4.33. The van der Waals surface area contributed by atoms with E-state index in [4.69, 9.17) is 0 Å². The van der Waals surface area contributed by atoms with Crippen molar-refractivity contribution in [1.29, 1.82) is 0 Å². The first-order chi connectivity index (χ1) is 3.81. The van der Waals surface area contributed by atoms with Crippen molar-refractivity contribution in [1.82, 2.24) is 0 Å². The summed E-state index contributed by atoms with van der Waals surface area (Å²) in [6.07, 6.45) is 1.16. The summed E-state index contributed by atoms with van der Waals surface area (Å²) >= 11 is 7.22. The molecule has 8 heavy (non-hydrogen) atoms. The molecular weight excluding hydrogens is 144 g/mol. The van der Waals surface area contributed by atoms with E-state index in [9.17, 15) is 4.79 Å². The Balaban J connectivity index is 2.99. The van der Waals surface area contributed by atoms with Gasteiger partial charge in [-0.2, -0.15) is 12.6 Å². The minimum Gasteiger partial charge on any atom is -0.395 e. The fraction of sp³-hybridized carbons (Fsp3) is 0.750. The molecule has 0 aromatic heterocycles. The summed E-state index contributed by atoms with van der Waals surface area (Å²) in [7, 11) is 0. The number of carbonyl (C=O) groups is 1. The van der Waals surface area contributed by atoms with Gasteiger partial charge in [0, 0.05) is 19.3 Å². The van der Waals surface area contributed by atoms with Crippen molar-refractivity contribution in [2.45, 2.75) is 12.8 Å². The van der Waals surface area contributed by atoms with Gasteiger partial charge in [-0.05, 0) is 12.2 Å². The van der Waals surface area contributed by atoms with Crippen molar-refractivity contribution in [3.8, 4) is 0 Å². The standard InChI is InChI=1S/C4H8O2S2/c5-4(6-8)2-1-3-7/h7-8H,1-3H2. The monoisotopic (exact) mass is 152 g/mol. The van der Waals surface area contributed by atoms with Gasteiger partial charge in [-0.15, -0.1) is 0 Å². The normalized spacial score (nSPS) is 8.75. The molecule has 2 nitrogen and oxygen atoms in total.